The molecule has 0 saturated heterocycles. The number of benzene rings is 1. The van der Waals surface area contributed by atoms with Gasteiger partial charge in [-0.2, -0.15) is 0 Å². The van der Waals surface area contributed by atoms with Gasteiger partial charge in [0.05, 0.1) is 12.7 Å². The first-order valence-corrected chi connectivity index (χ1v) is 7.60. The molecule has 110 valence electrons. The van der Waals surface area contributed by atoms with Crippen molar-refractivity contribution in [3.8, 4) is 5.75 Å². The minimum absolute atomic E-state index is 0.171. The fraction of sp³-hybridized carbons (Fsp3) is 0.611. The van der Waals surface area contributed by atoms with Crippen LogP contribution in [-0.2, 0) is 0 Å². The largest absolute Gasteiger partial charge is 0.496 e. The molecule has 0 aromatic heterocycles. The lowest BCUT2D eigenvalue weighted by Crippen LogP contribution is -2.29. The molecule has 20 heavy (non-hydrogen) atoms. The Kier molecular flexibility index (Phi) is 4.52. The molecule has 1 aromatic carbocycles. The molecule has 0 atom stereocenters. The monoisotopic (exact) mass is 274 g/mol. The second-order valence-electron chi connectivity index (χ2n) is 6.98. The van der Waals surface area contributed by atoms with Crippen molar-refractivity contribution < 1.29 is 9.53 Å². The second kappa shape index (κ2) is 5.99. The van der Waals surface area contributed by atoms with E-state index < -0.39 is 0 Å². The quantitative estimate of drug-likeness (QED) is 0.745. The number of methoxy groups -OCH3 is 1. The van der Waals surface area contributed by atoms with E-state index in [1.807, 2.05) is 24.3 Å². The summed E-state index contributed by atoms with van der Waals surface area (Å²) >= 11 is 0. The number of para-hydroxylation sites is 1. The average molecular weight is 274 g/mol. The predicted molar refractivity (Wildman–Crippen MR) is 82.2 cm³/mol. The second-order valence-corrected chi connectivity index (χ2v) is 6.98. The summed E-state index contributed by atoms with van der Waals surface area (Å²) in [6.45, 7) is 6.92. The summed E-state index contributed by atoms with van der Waals surface area (Å²) in [6.07, 6.45) is 4.35. The summed E-state index contributed by atoms with van der Waals surface area (Å²) in [4.78, 5) is 12.7. The molecule has 2 nitrogen and oxygen atoms in total. The molecule has 1 aliphatic rings. The van der Waals surface area contributed by atoms with Gasteiger partial charge in [-0.1, -0.05) is 32.9 Å². The van der Waals surface area contributed by atoms with Gasteiger partial charge in [0.15, 0.2) is 5.78 Å². The summed E-state index contributed by atoms with van der Waals surface area (Å²) in [5, 5.41) is 0. The van der Waals surface area contributed by atoms with Gasteiger partial charge in [0.2, 0.25) is 0 Å². The van der Waals surface area contributed by atoms with Crippen LogP contribution in [0, 0.1) is 17.3 Å². The minimum Gasteiger partial charge on any atom is -0.496 e. The van der Waals surface area contributed by atoms with Crippen molar-refractivity contribution >= 4 is 5.78 Å². The molecule has 0 heterocycles. The van der Waals surface area contributed by atoms with Gasteiger partial charge in [-0.3, -0.25) is 4.79 Å². The van der Waals surface area contributed by atoms with Crippen molar-refractivity contribution in [3.63, 3.8) is 0 Å². The number of hydrogen-bond acceptors (Lipinski definition) is 2. The first kappa shape index (κ1) is 15.1. The number of ketones is 1. The topological polar surface area (TPSA) is 26.3 Å². The van der Waals surface area contributed by atoms with Crippen molar-refractivity contribution in [3.05, 3.63) is 29.8 Å². The highest BCUT2D eigenvalue weighted by molar-refractivity contribution is 6.00. The van der Waals surface area contributed by atoms with E-state index in [1.165, 1.54) is 0 Å². The Labute approximate surface area is 122 Å². The Bertz CT molecular complexity index is 463. The summed E-state index contributed by atoms with van der Waals surface area (Å²) in [7, 11) is 1.63. The maximum absolute atomic E-state index is 12.7. The third-order valence-electron chi connectivity index (χ3n) is 4.70. The van der Waals surface area contributed by atoms with Gasteiger partial charge in [0.25, 0.3) is 0 Å². The zero-order chi connectivity index (χ0) is 14.8. The van der Waals surface area contributed by atoms with Crippen molar-refractivity contribution in [1.82, 2.24) is 0 Å². The zero-order valence-electron chi connectivity index (χ0n) is 13.1. The first-order valence-electron chi connectivity index (χ1n) is 7.60. The van der Waals surface area contributed by atoms with Crippen LogP contribution in [0.25, 0.3) is 0 Å². The SMILES string of the molecule is COc1ccccc1C(=O)C1CCC(C(C)(C)C)CC1. The molecule has 0 bridgehead atoms. The van der Waals surface area contributed by atoms with Crippen LogP contribution >= 0.6 is 0 Å². The molecule has 2 rings (SSSR count). The van der Waals surface area contributed by atoms with Crippen LogP contribution in [-0.4, -0.2) is 12.9 Å². The Balaban J connectivity index is 2.05. The number of ether oxygens (including phenoxy) is 1. The summed E-state index contributed by atoms with van der Waals surface area (Å²) < 4.78 is 5.31. The molecule has 0 radical (unpaired) electrons. The van der Waals surface area contributed by atoms with E-state index in [2.05, 4.69) is 20.8 Å². The molecule has 2 heteroatoms. The lowest BCUT2D eigenvalue weighted by molar-refractivity contribution is 0.0816. The van der Waals surface area contributed by atoms with Crippen LogP contribution in [0.2, 0.25) is 0 Å². The van der Waals surface area contributed by atoms with Crippen LogP contribution in [0.5, 0.6) is 5.75 Å². The average Bonchev–Trinajstić information content (AvgIpc) is 2.45. The summed E-state index contributed by atoms with van der Waals surface area (Å²) in [6, 6.07) is 7.58. The summed E-state index contributed by atoms with van der Waals surface area (Å²) in [5.74, 6) is 1.87. The third kappa shape index (κ3) is 3.23. The Hall–Kier alpha value is -1.31. The number of Topliss-reactive ketones (excluding diaryl/α,β-unsaturated/α-hetero) is 1. The summed E-state index contributed by atoms with van der Waals surface area (Å²) in [5.41, 5.74) is 1.10. The van der Waals surface area contributed by atoms with Crippen LogP contribution in [0.3, 0.4) is 0 Å². The van der Waals surface area contributed by atoms with Gasteiger partial charge in [0.1, 0.15) is 5.75 Å². The Morgan fingerprint density at radius 3 is 2.25 bits per heavy atom. The van der Waals surface area contributed by atoms with E-state index >= 15 is 0 Å². The van der Waals surface area contributed by atoms with E-state index in [-0.39, 0.29) is 11.7 Å². The first-order chi connectivity index (χ1) is 9.43. The molecule has 1 aromatic rings. The Morgan fingerprint density at radius 1 is 1.10 bits per heavy atom. The van der Waals surface area contributed by atoms with Gasteiger partial charge in [-0.25, -0.2) is 0 Å². The van der Waals surface area contributed by atoms with Crippen LogP contribution in [0.15, 0.2) is 24.3 Å². The van der Waals surface area contributed by atoms with Gasteiger partial charge in [-0.05, 0) is 49.1 Å². The van der Waals surface area contributed by atoms with Crippen LogP contribution in [0.1, 0.15) is 56.8 Å². The van der Waals surface area contributed by atoms with Crippen molar-refractivity contribution in [2.24, 2.45) is 17.3 Å². The normalized spacial score (nSPS) is 23.4. The van der Waals surface area contributed by atoms with Crippen molar-refractivity contribution in [1.29, 1.82) is 0 Å². The molecular formula is C18H26O2. The zero-order valence-corrected chi connectivity index (χ0v) is 13.1. The third-order valence-corrected chi connectivity index (χ3v) is 4.70. The lowest BCUT2D eigenvalue weighted by atomic mass is 9.68. The van der Waals surface area contributed by atoms with Gasteiger partial charge in [-0.15, -0.1) is 0 Å². The maximum Gasteiger partial charge on any atom is 0.169 e. The Morgan fingerprint density at radius 2 is 1.70 bits per heavy atom. The highest BCUT2D eigenvalue weighted by Gasteiger charge is 2.33. The predicted octanol–water partition coefficient (Wildman–Crippen LogP) is 4.73. The molecule has 1 fully saturated rings. The highest BCUT2D eigenvalue weighted by Crippen LogP contribution is 2.41. The van der Waals surface area contributed by atoms with E-state index in [0.717, 1.165) is 37.2 Å². The standard InChI is InChI=1S/C18H26O2/c1-18(2,3)14-11-9-13(10-12-14)17(19)15-7-5-6-8-16(15)20-4/h5-8,13-14H,9-12H2,1-4H3. The lowest BCUT2D eigenvalue weighted by Gasteiger charge is -2.36. The molecule has 0 amide bonds. The molecule has 0 spiro atoms. The maximum atomic E-state index is 12.7. The molecule has 1 saturated carbocycles. The molecule has 0 aliphatic heterocycles. The fourth-order valence-corrected chi connectivity index (χ4v) is 3.29. The van der Waals surface area contributed by atoms with Crippen LogP contribution < -0.4 is 4.74 Å². The molecular weight excluding hydrogens is 248 g/mol. The number of hydrogen-bond donors (Lipinski definition) is 0. The van der Waals surface area contributed by atoms with E-state index in [0.29, 0.717) is 11.2 Å². The smallest absolute Gasteiger partial charge is 0.169 e. The van der Waals surface area contributed by atoms with E-state index in [4.69, 9.17) is 4.74 Å². The molecule has 0 unspecified atom stereocenters. The van der Waals surface area contributed by atoms with Gasteiger partial charge >= 0.3 is 0 Å². The number of rotatable bonds is 3. The van der Waals surface area contributed by atoms with Crippen LogP contribution in [0.4, 0.5) is 0 Å². The van der Waals surface area contributed by atoms with E-state index in [9.17, 15) is 4.79 Å². The highest BCUT2D eigenvalue weighted by atomic mass is 16.5. The molecule has 1 aliphatic carbocycles. The van der Waals surface area contributed by atoms with Gasteiger partial charge in [0, 0.05) is 5.92 Å². The van der Waals surface area contributed by atoms with Crippen molar-refractivity contribution in [2.45, 2.75) is 46.5 Å². The van der Waals surface area contributed by atoms with Crippen molar-refractivity contribution in [2.75, 3.05) is 7.11 Å². The van der Waals surface area contributed by atoms with Gasteiger partial charge < -0.3 is 4.74 Å². The molecule has 0 N–H and O–H groups in total. The van der Waals surface area contributed by atoms with E-state index in [1.54, 1.807) is 7.11 Å². The number of carbonyl (C=O) groups is 1. The fourth-order valence-electron chi connectivity index (χ4n) is 3.29. The minimum atomic E-state index is 0.171. The number of carbonyl (C=O) groups excluding carboxylic acids is 1.